The highest BCUT2D eigenvalue weighted by Crippen LogP contribution is 2.25. The van der Waals surface area contributed by atoms with E-state index in [1.807, 2.05) is 0 Å². The van der Waals surface area contributed by atoms with Gasteiger partial charge in [0.15, 0.2) is 0 Å². The Morgan fingerprint density at radius 2 is 1.93 bits per heavy atom. The summed E-state index contributed by atoms with van der Waals surface area (Å²) < 4.78 is 0. The number of carbonyl (C=O) groups is 2. The second kappa shape index (κ2) is 5.00. The topological polar surface area (TPSA) is 60.9 Å². The highest BCUT2D eigenvalue weighted by Gasteiger charge is 2.30. The van der Waals surface area contributed by atoms with Gasteiger partial charge in [-0.05, 0) is 19.3 Å². The molecule has 0 aliphatic heterocycles. The zero-order chi connectivity index (χ0) is 11.4. The van der Waals surface area contributed by atoms with Crippen LogP contribution in [0.25, 0.3) is 0 Å². The molecule has 0 heterocycles. The Balaban J connectivity index is 2.22. The minimum atomic E-state index is -0.814. The van der Waals surface area contributed by atoms with Gasteiger partial charge in [0.2, 0.25) is 0 Å². The molecule has 1 saturated carbocycles. The van der Waals surface area contributed by atoms with Gasteiger partial charge in [-0.15, -0.1) is 0 Å². The predicted octanol–water partition coefficient (Wildman–Crippen LogP) is 0.997. The van der Waals surface area contributed by atoms with E-state index in [0.717, 1.165) is 12.8 Å². The zero-order valence-electron chi connectivity index (χ0n) is 9.27. The lowest BCUT2D eigenvalue weighted by Crippen LogP contribution is -2.40. The highest BCUT2D eigenvalue weighted by atomic mass is 16.4. The fourth-order valence-corrected chi connectivity index (χ4v) is 1.45. The summed E-state index contributed by atoms with van der Waals surface area (Å²) in [7, 11) is 3.51. The van der Waals surface area contributed by atoms with Crippen LogP contribution in [0.1, 0.15) is 25.7 Å². The lowest BCUT2D eigenvalue weighted by atomic mass is 10.3. The number of amides is 2. The fraction of sp³-hybridized carbons (Fsp3) is 0.800. The van der Waals surface area contributed by atoms with E-state index in [-0.39, 0.29) is 12.5 Å². The first-order valence-electron chi connectivity index (χ1n) is 5.22. The third-order valence-electron chi connectivity index (χ3n) is 2.61. The van der Waals surface area contributed by atoms with Crippen LogP contribution in [-0.4, -0.2) is 53.6 Å². The van der Waals surface area contributed by atoms with Crippen molar-refractivity contribution in [1.29, 1.82) is 0 Å². The highest BCUT2D eigenvalue weighted by molar-refractivity contribution is 5.74. The van der Waals surface area contributed by atoms with Crippen molar-refractivity contribution in [2.75, 3.05) is 20.6 Å². The summed E-state index contributed by atoms with van der Waals surface area (Å²) >= 11 is 0. The molecule has 0 bridgehead atoms. The summed E-state index contributed by atoms with van der Waals surface area (Å²) in [6.45, 7) is 0.502. The van der Waals surface area contributed by atoms with Crippen molar-refractivity contribution in [3.63, 3.8) is 0 Å². The Morgan fingerprint density at radius 1 is 1.33 bits per heavy atom. The first-order chi connectivity index (χ1) is 7.02. The monoisotopic (exact) mass is 214 g/mol. The van der Waals surface area contributed by atoms with Gasteiger partial charge in [0, 0.05) is 33.1 Å². The van der Waals surface area contributed by atoms with Crippen LogP contribution >= 0.6 is 0 Å². The van der Waals surface area contributed by atoms with E-state index in [9.17, 15) is 9.59 Å². The van der Waals surface area contributed by atoms with Gasteiger partial charge in [-0.25, -0.2) is 4.79 Å². The largest absolute Gasteiger partial charge is 0.481 e. The van der Waals surface area contributed by atoms with Crippen molar-refractivity contribution in [2.45, 2.75) is 31.7 Å². The van der Waals surface area contributed by atoms with Gasteiger partial charge in [-0.3, -0.25) is 4.79 Å². The molecule has 0 atom stereocenters. The third-order valence-corrected chi connectivity index (χ3v) is 2.61. The molecule has 0 unspecified atom stereocenters. The Hall–Kier alpha value is -1.26. The van der Waals surface area contributed by atoms with E-state index < -0.39 is 5.97 Å². The van der Waals surface area contributed by atoms with Crippen LogP contribution in [0.2, 0.25) is 0 Å². The molecule has 0 aromatic carbocycles. The van der Waals surface area contributed by atoms with E-state index in [0.29, 0.717) is 19.0 Å². The normalized spacial score (nSPS) is 14.8. The van der Waals surface area contributed by atoms with Gasteiger partial charge < -0.3 is 14.9 Å². The maximum atomic E-state index is 11.7. The lowest BCUT2D eigenvalue weighted by Gasteiger charge is -2.24. The number of urea groups is 1. The molecule has 1 rings (SSSR count). The Labute approximate surface area is 89.7 Å². The predicted molar refractivity (Wildman–Crippen MR) is 55.7 cm³/mol. The summed E-state index contributed by atoms with van der Waals surface area (Å²) in [5, 5.41) is 8.46. The summed E-state index contributed by atoms with van der Waals surface area (Å²) in [6, 6.07) is 0.391. The smallest absolute Gasteiger partial charge is 0.319 e. The van der Waals surface area contributed by atoms with E-state index in [1.165, 1.54) is 0 Å². The van der Waals surface area contributed by atoms with E-state index in [4.69, 9.17) is 5.11 Å². The Morgan fingerprint density at radius 3 is 2.40 bits per heavy atom. The summed E-state index contributed by atoms with van der Waals surface area (Å²) in [5.74, 6) is -0.814. The standard InChI is InChI=1S/C10H18N2O3/c1-11(7-3-4-9(13)14)10(15)12(2)8-5-6-8/h8H,3-7H2,1-2H3,(H,13,14). The SMILES string of the molecule is CN(CCCC(=O)O)C(=O)N(C)C1CC1. The molecule has 5 nitrogen and oxygen atoms in total. The second-order valence-corrected chi connectivity index (χ2v) is 4.04. The quantitative estimate of drug-likeness (QED) is 0.742. The fourth-order valence-electron chi connectivity index (χ4n) is 1.45. The van der Waals surface area contributed by atoms with E-state index in [1.54, 1.807) is 23.9 Å². The molecule has 2 amide bonds. The number of carboxylic acids is 1. The van der Waals surface area contributed by atoms with Crippen LogP contribution in [0.15, 0.2) is 0 Å². The van der Waals surface area contributed by atoms with Crippen molar-refractivity contribution < 1.29 is 14.7 Å². The minimum absolute atomic E-state index is 0.0112. The molecule has 1 aliphatic rings. The Bertz CT molecular complexity index is 251. The maximum absolute atomic E-state index is 11.7. The van der Waals surface area contributed by atoms with Crippen molar-refractivity contribution in [3.05, 3.63) is 0 Å². The summed E-state index contributed by atoms with van der Waals surface area (Å²) in [5.41, 5.74) is 0. The molecule has 0 aromatic heterocycles. The second-order valence-electron chi connectivity index (χ2n) is 4.04. The average Bonchev–Trinajstić information content (AvgIpc) is 2.98. The van der Waals surface area contributed by atoms with Gasteiger partial charge >= 0.3 is 12.0 Å². The molecule has 1 fully saturated rings. The number of rotatable bonds is 5. The summed E-state index contributed by atoms with van der Waals surface area (Å²) in [4.78, 5) is 25.3. The van der Waals surface area contributed by atoms with Gasteiger partial charge in [0.05, 0.1) is 0 Å². The number of carboxylic acid groups (broad SMARTS) is 1. The number of nitrogens with zero attached hydrogens (tertiary/aromatic N) is 2. The van der Waals surface area contributed by atoms with Crippen LogP contribution in [0.5, 0.6) is 0 Å². The molecule has 0 aromatic rings. The van der Waals surface area contributed by atoms with Crippen LogP contribution in [0.3, 0.4) is 0 Å². The number of hydrogen-bond acceptors (Lipinski definition) is 2. The molecular formula is C10H18N2O3. The average molecular weight is 214 g/mol. The molecule has 15 heavy (non-hydrogen) atoms. The molecule has 0 radical (unpaired) electrons. The van der Waals surface area contributed by atoms with E-state index >= 15 is 0 Å². The van der Waals surface area contributed by atoms with Crippen LogP contribution in [0, 0.1) is 0 Å². The molecule has 1 N–H and O–H groups in total. The van der Waals surface area contributed by atoms with Gasteiger partial charge in [-0.2, -0.15) is 0 Å². The van der Waals surface area contributed by atoms with Crippen LogP contribution < -0.4 is 0 Å². The van der Waals surface area contributed by atoms with Gasteiger partial charge in [0.1, 0.15) is 0 Å². The molecule has 5 heteroatoms. The van der Waals surface area contributed by atoms with Crippen molar-refractivity contribution in [1.82, 2.24) is 9.80 Å². The number of carbonyl (C=O) groups excluding carboxylic acids is 1. The molecular weight excluding hydrogens is 196 g/mol. The molecule has 0 saturated heterocycles. The zero-order valence-corrected chi connectivity index (χ0v) is 9.27. The lowest BCUT2D eigenvalue weighted by molar-refractivity contribution is -0.137. The van der Waals surface area contributed by atoms with Crippen LogP contribution in [0.4, 0.5) is 4.79 Å². The molecule has 0 spiro atoms. The van der Waals surface area contributed by atoms with E-state index in [2.05, 4.69) is 0 Å². The van der Waals surface area contributed by atoms with Crippen LogP contribution in [-0.2, 0) is 4.79 Å². The molecule has 86 valence electrons. The minimum Gasteiger partial charge on any atom is -0.481 e. The Kier molecular flexibility index (Phi) is 3.94. The van der Waals surface area contributed by atoms with Gasteiger partial charge in [0.25, 0.3) is 0 Å². The number of aliphatic carboxylic acids is 1. The first kappa shape index (κ1) is 11.8. The van der Waals surface area contributed by atoms with Crippen molar-refractivity contribution in [3.8, 4) is 0 Å². The molecule has 1 aliphatic carbocycles. The first-order valence-corrected chi connectivity index (χ1v) is 5.22. The van der Waals surface area contributed by atoms with Crippen molar-refractivity contribution in [2.24, 2.45) is 0 Å². The summed E-state index contributed by atoms with van der Waals surface area (Å²) in [6.07, 6.45) is 2.80. The number of hydrogen-bond donors (Lipinski definition) is 1. The third kappa shape index (κ3) is 3.77. The van der Waals surface area contributed by atoms with Crippen molar-refractivity contribution >= 4 is 12.0 Å². The maximum Gasteiger partial charge on any atom is 0.319 e. The van der Waals surface area contributed by atoms with Gasteiger partial charge in [-0.1, -0.05) is 0 Å².